The standard InChI is InChI=1S/C8H16N2O2/c1-8(11)12-7-6-10-4-2-9-3-5-10/h9H,2-7H2,1H3. The zero-order valence-electron chi connectivity index (χ0n) is 7.51. The number of hydrogen-bond donors (Lipinski definition) is 1. The summed E-state index contributed by atoms with van der Waals surface area (Å²) in [6.07, 6.45) is 0. The monoisotopic (exact) mass is 172 g/mol. The number of rotatable bonds is 3. The highest BCUT2D eigenvalue weighted by atomic mass is 16.5. The smallest absolute Gasteiger partial charge is 0.302 e. The molecule has 1 aliphatic rings. The van der Waals surface area contributed by atoms with Crippen molar-refractivity contribution in [1.82, 2.24) is 10.2 Å². The summed E-state index contributed by atoms with van der Waals surface area (Å²) < 4.78 is 4.84. The average Bonchev–Trinajstić information content (AvgIpc) is 2.05. The molecule has 0 saturated carbocycles. The Morgan fingerprint density at radius 1 is 1.50 bits per heavy atom. The summed E-state index contributed by atoms with van der Waals surface area (Å²) in [4.78, 5) is 12.7. The summed E-state index contributed by atoms with van der Waals surface area (Å²) in [6.45, 7) is 7.02. The first kappa shape index (κ1) is 9.48. The fourth-order valence-electron chi connectivity index (χ4n) is 1.25. The van der Waals surface area contributed by atoms with Crippen LogP contribution in [0.5, 0.6) is 0 Å². The molecular weight excluding hydrogens is 156 g/mol. The summed E-state index contributed by atoms with van der Waals surface area (Å²) in [6, 6.07) is 0. The van der Waals surface area contributed by atoms with E-state index in [4.69, 9.17) is 4.74 Å². The third-order valence-electron chi connectivity index (χ3n) is 1.92. The maximum Gasteiger partial charge on any atom is 0.302 e. The van der Waals surface area contributed by atoms with Crippen LogP contribution >= 0.6 is 0 Å². The van der Waals surface area contributed by atoms with Crippen LogP contribution in [-0.2, 0) is 9.53 Å². The molecule has 12 heavy (non-hydrogen) atoms. The van der Waals surface area contributed by atoms with E-state index in [9.17, 15) is 4.79 Å². The lowest BCUT2D eigenvalue weighted by Gasteiger charge is -2.26. The molecule has 4 nitrogen and oxygen atoms in total. The first-order valence-corrected chi connectivity index (χ1v) is 4.35. The van der Waals surface area contributed by atoms with Gasteiger partial charge in [-0.05, 0) is 0 Å². The second-order valence-electron chi connectivity index (χ2n) is 2.93. The minimum atomic E-state index is -0.190. The number of nitrogens with zero attached hydrogens (tertiary/aromatic N) is 1. The van der Waals surface area contributed by atoms with Gasteiger partial charge in [-0.3, -0.25) is 9.69 Å². The SMILES string of the molecule is CC(=O)OCCN1CCNCC1. The Morgan fingerprint density at radius 2 is 2.17 bits per heavy atom. The molecule has 0 aromatic heterocycles. The number of carbonyl (C=O) groups is 1. The quantitative estimate of drug-likeness (QED) is 0.580. The average molecular weight is 172 g/mol. The molecule has 0 atom stereocenters. The minimum Gasteiger partial charge on any atom is -0.465 e. The Kier molecular flexibility index (Phi) is 4.04. The van der Waals surface area contributed by atoms with Crippen LogP contribution in [0.3, 0.4) is 0 Å². The molecule has 0 bridgehead atoms. The fourth-order valence-corrected chi connectivity index (χ4v) is 1.25. The van der Waals surface area contributed by atoms with E-state index in [1.807, 2.05) is 0 Å². The Hall–Kier alpha value is -0.610. The van der Waals surface area contributed by atoms with Gasteiger partial charge in [0.25, 0.3) is 0 Å². The van der Waals surface area contributed by atoms with Crippen molar-refractivity contribution in [2.45, 2.75) is 6.92 Å². The molecule has 0 aliphatic carbocycles. The van der Waals surface area contributed by atoms with E-state index >= 15 is 0 Å². The lowest BCUT2D eigenvalue weighted by molar-refractivity contribution is -0.141. The van der Waals surface area contributed by atoms with Crippen LogP contribution in [0.15, 0.2) is 0 Å². The second-order valence-corrected chi connectivity index (χ2v) is 2.93. The number of carbonyl (C=O) groups excluding carboxylic acids is 1. The van der Waals surface area contributed by atoms with E-state index < -0.39 is 0 Å². The Labute approximate surface area is 72.9 Å². The molecule has 0 aromatic carbocycles. The highest BCUT2D eigenvalue weighted by Gasteiger charge is 2.08. The van der Waals surface area contributed by atoms with E-state index in [-0.39, 0.29) is 5.97 Å². The van der Waals surface area contributed by atoms with Crippen molar-refractivity contribution in [2.24, 2.45) is 0 Å². The first-order valence-electron chi connectivity index (χ1n) is 4.35. The van der Waals surface area contributed by atoms with Crippen LogP contribution in [0.1, 0.15) is 6.92 Å². The van der Waals surface area contributed by atoms with Gasteiger partial charge in [-0.25, -0.2) is 0 Å². The van der Waals surface area contributed by atoms with Gasteiger partial charge < -0.3 is 10.1 Å². The summed E-state index contributed by atoms with van der Waals surface area (Å²) >= 11 is 0. The third-order valence-corrected chi connectivity index (χ3v) is 1.92. The van der Waals surface area contributed by atoms with Gasteiger partial charge in [0.05, 0.1) is 0 Å². The van der Waals surface area contributed by atoms with Gasteiger partial charge >= 0.3 is 5.97 Å². The summed E-state index contributed by atoms with van der Waals surface area (Å²) in [5.74, 6) is -0.190. The largest absolute Gasteiger partial charge is 0.465 e. The highest BCUT2D eigenvalue weighted by Crippen LogP contribution is 1.91. The maximum atomic E-state index is 10.4. The van der Waals surface area contributed by atoms with E-state index in [1.54, 1.807) is 0 Å². The molecule has 1 rings (SSSR count). The minimum absolute atomic E-state index is 0.190. The fraction of sp³-hybridized carbons (Fsp3) is 0.875. The second kappa shape index (κ2) is 5.11. The topological polar surface area (TPSA) is 41.6 Å². The first-order chi connectivity index (χ1) is 5.79. The lowest BCUT2D eigenvalue weighted by Crippen LogP contribution is -2.44. The van der Waals surface area contributed by atoms with Crippen LogP contribution < -0.4 is 5.32 Å². The van der Waals surface area contributed by atoms with Crippen molar-refractivity contribution < 1.29 is 9.53 Å². The predicted octanol–water partition coefficient (Wildman–Crippen LogP) is -0.545. The number of hydrogen-bond acceptors (Lipinski definition) is 4. The summed E-state index contributed by atoms with van der Waals surface area (Å²) in [7, 11) is 0. The summed E-state index contributed by atoms with van der Waals surface area (Å²) in [5, 5.41) is 3.26. The third kappa shape index (κ3) is 3.69. The van der Waals surface area contributed by atoms with Crippen molar-refractivity contribution in [3.8, 4) is 0 Å². The van der Waals surface area contributed by atoms with Crippen molar-refractivity contribution >= 4 is 5.97 Å². The molecule has 0 spiro atoms. The van der Waals surface area contributed by atoms with E-state index in [1.165, 1.54) is 6.92 Å². The van der Waals surface area contributed by atoms with Crippen molar-refractivity contribution in [3.63, 3.8) is 0 Å². The van der Waals surface area contributed by atoms with E-state index in [2.05, 4.69) is 10.2 Å². The normalized spacial score (nSPS) is 19.1. The molecule has 1 saturated heterocycles. The molecule has 0 unspecified atom stereocenters. The zero-order valence-corrected chi connectivity index (χ0v) is 7.51. The number of esters is 1. The molecule has 1 fully saturated rings. The Balaban J connectivity index is 2.01. The van der Waals surface area contributed by atoms with E-state index in [0.717, 1.165) is 32.7 Å². The Bertz CT molecular complexity index is 144. The van der Waals surface area contributed by atoms with Crippen LogP contribution in [0.25, 0.3) is 0 Å². The van der Waals surface area contributed by atoms with Crippen molar-refractivity contribution in [3.05, 3.63) is 0 Å². The van der Waals surface area contributed by atoms with Crippen LogP contribution in [-0.4, -0.2) is 50.2 Å². The maximum absolute atomic E-state index is 10.4. The van der Waals surface area contributed by atoms with Gasteiger partial charge in [0.2, 0.25) is 0 Å². The van der Waals surface area contributed by atoms with Crippen molar-refractivity contribution in [2.75, 3.05) is 39.3 Å². The van der Waals surface area contributed by atoms with Crippen LogP contribution in [0.2, 0.25) is 0 Å². The molecule has 1 N–H and O–H groups in total. The molecule has 1 aliphatic heterocycles. The summed E-state index contributed by atoms with van der Waals surface area (Å²) in [5.41, 5.74) is 0. The molecule has 70 valence electrons. The molecule has 0 radical (unpaired) electrons. The van der Waals surface area contributed by atoms with Gasteiger partial charge in [-0.1, -0.05) is 0 Å². The number of nitrogens with one attached hydrogen (secondary N) is 1. The zero-order chi connectivity index (χ0) is 8.81. The van der Waals surface area contributed by atoms with Crippen LogP contribution in [0.4, 0.5) is 0 Å². The molecule has 0 amide bonds. The van der Waals surface area contributed by atoms with Gasteiger partial charge in [0, 0.05) is 39.6 Å². The van der Waals surface area contributed by atoms with Gasteiger partial charge in [0.1, 0.15) is 6.61 Å². The molecule has 1 heterocycles. The predicted molar refractivity (Wildman–Crippen MR) is 45.9 cm³/mol. The number of piperazine rings is 1. The molecular formula is C8H16N2O2. The lowest BCUT2D eigenvalue weighted by atomic mass is 10.4. The van der Waals surface area contributed by atoms with Crippen LogP contribution in [0, 0.1) is 0 Å². The van der Waals surface area contributed by atoms with Gasteiger partial charge in [0.15, 0.2) is 0 Å². The van der Waals surface area contributed by atoms with E-state index in [0.29, 0.717) is 6.61 Å². The number of ether oxygens (including phenoxy) is 1. The Morgan fingerprint density at radius 3 is 2.75 bits per heavy atom. The highest BCUT2D eigenvalue weighted by molar-refractivity contribution is 5.65. The van der Waals surface area contributed by atoms with Crippen molar-refractivity contribution in [1.29, 1.82) is 0 Å². The van der Waals surface area contributed by atoms with Gasteiger partial charge in [-0.2, -0.15) is 0 Å². The molecule has 4 heteroatoms. The molecule has 0 aromatic rings. The van der Waals surface area contributed by atoms with Gasteiger partial charge in [-0.15, -0.1) is 0 Å².